The van der Waals surface area contributed by atoms with Crippen molar-refractivity contribution in [3.63, 3.8) is 0 Å². The summed E-state index contributed by atoms with van der Waals surface area (Å²) < 4.78 is 19.0. The van der Waals surface area contributed by atoms with Crippen molar-refractivity contribution >= 4 is 22.5 Å². The molecule has 1 N–H and O–H groups in total. The van der Waals surface area contributed by atoms with Gasteiger partial charge in [-0.2, -0.15) is 0 Å². The van der Waals surface area contributed by atoms with Gasteiger partial charge in [-0.3, -0.25) is 9.59 Å². The zero-order valence-electron chi connectivity index (χ0n) is 14.7. The van der Waals surface area contributed by atoms with E-state index >= 15 is 0 Å². The number of benzene rings is 1. The summed E-state index contributed by atoms with van der Waals surface area (Å²) in [4.78, 5) is 23.5. The van der Waals surface area contributed by atoms with Gasteiger partial charge in [-0.25, -0.2) is 0 Å². The summed E-state index contributed by atoms with van der Waals surface area (Å²) in [5, 5.41) is 10.6. The Balaban J connectivity index is 1.64. The Morgan fingerprint density at radius 1 is 1.23 bits per heavy atom. The van der Waals surface area contributed by atoms with Crippen molar-refractivity contribution in [1.29, 1.82) is 0 Å². The summed E-state index contributed by atoms with van der Waals surface area (Å²) >= 11 is 0. The Morgan fingerprint density at radius 2 is 2.00 bits per heavy atom. The average molecular weight is 359 g/mol. The van der Waals surface area contributed by atoms with Gasteiger partial charge in [0.15, 0.2) is 11.9 Å². The monoisotopic (exact) mass is 359 g/mol. The zero-order chi connectivity index (χ0) is 18.4. The molecular weight excluding hydrogens is 338 g/mol. The maximum absolute atomic E-state index is 12.0. The van der Waals surface area contributed by atoms with Crippen molar-refractivity contribution in [1.82, 2.24) is 4.57 Å². The third kappa shape index (κ3) is 2.92. The molecule has 2 fully saturated rings. The molecule has 7 nitrogen and oxygen atoms in total. The number of ether oxygens (including phenoxy) is 3. The molecular formula is C19H21NO6. The molecule has 2 aliphatic heterocycles. The molecule has 2 aliphatic rings. The lowest BCUT2D eigenvalue weighted by Crippen LogP contribution is -2.34. The number of fused-ring (bicyclic) bond motifs is 2. The number of rotatable bonds is 5. The number of aromatic nitrogens is 1. The van der Waals surface area contributed by atoms with Crippen molar-refractivity contribution in [2.75, 3.05) is 13.2 Å². The molecule has 0 amide bonds. The van der Waals surface area contributed by atoms with E-state index in [1.54, 1.807) is 16.8 Å². The maximum Gasteiger partial charge on any atom is 0.161 e. The topological polar surface area (TPSA) is 87.0 Å². The smallest absolute Gasteiger partial charge is 0.161 e. The molecule has 0 bridgehead atoms. The zero-order valence-corrected chi connectivity index (χ0v) is 14.7. The lowest BCUT2D eigenvalue weighted by Gasteiger charge is -2.18. The number of carbonyl (C=O) groups excluding carboxylic acids is 2. The van der Waals surface area contributed by atoms with Crippen LogP contribution in [0.2, 0.25) is 0 Å². The Morgan fingerprint density at radius 3 is 2.73 bits per heavy atom. The van der Waals surface area contributed by atoms with E-state index in [4.69, 9.17) is 14.2 Å². The summed E-state index contributed by atoms with van der Waals surface area (Å²) in [6, 6.07) is 5.46. The van der Waals surface area contributed by atoms with Crippen LogP contribution in [-0.4, -0.2) is 58.9 Å². The predicted octanol–water partition coefficient (Wildman–Crippen LogP) is 1.34. The summed E-state index contributed by atoms with van der Waals surface area (Å²) in [6.45, 7) is 3.83. The highest BCUT2D eigenvalue weighted by atomic mass is 16.6. The molecule has 7 heteroatoms. The summed E-state index contributed by atoms with van der Waals surface area (Å²) in [6.07, 6.45) is 0.128. The first-order valence-electron chi connectivity index (χ1n) is 8.65. The van der Waals surface area contributed by atoms with E-state index in [0.717, 1.165) is 10.9 Å². The van der Waals surface area contributed by atoms with E-state index in [1.165, 1.54) is 13.8 Å². The van der Waals surface area contributed by atoms with Crippen LogP contribution in [0.1, 0.15) is 24.2 Å². The number of Topliss-reactive ketones (excluding diaryl/α,β-unsaturated/α-hetero) is 2. The number of aliphatic hydroxyl groups is 1. The molecule has 0 radical (unpaired) electrons. The third-order valence-electron chi connectivity index (χ3n) is 4.89. The SMILES string of the molecule is CC(=O)Cn1cc(C(C)=O)c2cc(O[C@@H]3CO[C@H]4[C@@H]3OC[C@H]4O)ccc21. The molecule has 2 aromatic rings. The van der Waals surface area contributed by atoms with Crippen LogP contribution in [0.4, 0.5) is 0 Å². The molecule has 1 aromatic heterocycles. The number of carbonyl (C=O) groups is 2. The Hall–Kier alpha value is -2.22. The fraction of sp³-hybridized carbons (Fsp3) is 0.474. The normalized spacial score (nSPS) is 27.7. The second-order valence-corrected chi connectivity index (χ2v) is 6.93. The molecule has 1 aromatic carbocycles. The molecule has 0 spiro atoms. The lowest BCUT2D eigenvalue weighted by atomic mass is 10.1. The Labute approximate surface area is 150 Å². The molecule has 4 rings (SSSR count). The van der Waals surface area contributed by atoms with E-state index < -0.39 is 6.10 Å². The third-order valence-corrected chi connectivity index (χ3v) is 4.89. The lowest BCUT2D eigenvalue weighted by molar-refractivity contribution is -0.117. The molecule has 0 aliphatic carbocycles. The highest BCUT2D eigenvalue weighted by molar-refractivity contribution is 6.07. The number of hydrogen-bond donors (Lipinski definition) is 1. The molecule has 0 saturated carbocycles. The minimum Gasteiger partial charge on any atom is -0.485 e. The van der Waals surface area contributed by atoms with Gasteiger partial charge in [0.05, 0.1) is 19.8 Å². The number of nitrogens with zero attached hydrogens (tertiary/aromatic N) is 1. The maximum atomic E-state index is 12.0. The first-order valence-corrected chi connectivity index (χ1v) is 8.65. The number of hydrogen-bond acceptors (Lipinski definition) is 6. The van der Waals surface area contributed by atoms with Gasteiger partial charge in [-0.1, -0.05) is 0 Å². The van der Waals surface area contributed by atoms with Gasteiger partial charge < -0.3 is 23.9 Å². The van der Waals surface area contributed by atoms with Crippen LogP contribution in [0, 0.1) is 0 Å². The van der Waals surface area contributed by atoms with Gasteiger partial charge >= 0.3 is 0 Å². The summed E-state index contributed by atoms with van der Waals surface area (Å²) in [5.74, 6) is 0.546. The quantitative estimate of drug-likeness (QED) is 0.811. The molecule has 138 valence electrons. The molecule has 26 heavy (non-hydrogen) atoms. The van der Waals surface area contributed by atoms with Gasteiger partial charge in [0.25, 0.3) is 0 Å². The van der Waals surface area contributed by atoms with Crippen LogP contribution in [0.3, 0.4) is 0 Å². The highest BCUT2D eigenvalue weighted by Gasteiger charge is 2.48. The number of ketones is 2. The minimum absolute atomic E-state index is 0.0171. The summed E-state index contributed by atoms with van der Waals surface area (Å²) in [7, 11) is 0. The first-order chi connectivity index (χ1) is 12.4. The van der Waals surface area contributed by atoms with Crippen LogP contribution in [0.15, 0.2) is 24.4 Å². The van der Waals surface area contributed by atoms with Crippen LogP contribution >= 0.6 is 0 Å². The fourth-order valence-electron chi connectivity index (χ4n) is 3.72. The average Bonchev–Trinajstić information content (AvgIpc) is 3.24. The van der Waals surface area contributed by atoms with Crippen molar-refractivity contribution in [2.45, 2.75) is 44.8 Å². The van der Waals surface area contributed by atoms with Gasteiger partial charge in [0.1, 0.15) is 29.8 Å². The van der Waals surface area contributed by atoms with E-state index in [0.29, 0.717) is 17.9 Å². The molecule has 2 saturated heterocycles. The van der Waals surface area contributed by atoms with E-state index in [9.17, 15) is 14.7 Å². The van der Waals surface area contributed by atoms with Crippen LogP contribution < -0.4 is 4.74 Å². The van der Waals surface area contributed by atoms with Gasteiger partial charge in [-0.15, -0.1) is 0 Å². The molecule has 0 unspecified atom stereocenters. The van der Waals surface area contributed by atoms with Crippen LogP contribution in [0.25, 0.3) is 10.9 Å². The van der Waals surface area contributed by atoms with Crippen molar-refractivity contribution < 1.29 is 28.9 Å². The molecule has 4 atom stereocenters. The van der Waals surface area contributed by atoms with Crippen molar-refractivity contribution in [3.8, 4) is 5.75 Å². The second kappa shape index (κ2) is 6.50. The van der Waals surface area contributed by atoms with Crippen molar-refractivity contribution in [3.05, 3.63) is 30.0 Å². The van der Waals surface area contributed by atoms with E-state index in [1.807, 2.05) is 12.1 Å². The minimum atomic E-state index is -0.624. The Bertz CT molecular complexity index is 872. The van der Waals surface area contributed by atoms with E-state index in [-0.39, 0.29) is 43.0 Å². The first kappa shape index (κ1) is 17.2. The van der Waals surface area contributed by atoms with Gasteiger partial charge in [0, 0.05) is 22.7 Å². The fourth-order valence-corrected chi connectivity index (χ4v) is 3.72. The second-order valence-electron chi connectivity index (χ2n) is 6.93. The summed E-state index contributed by atoms with van der Waals surface area (Å²) in [5.41, 5.74) is 1.37. The molecule has 3 heterocycles. The van der Waals surface area contributed by atoms with Crippen LogP contribution in [-0.2, 0) is 20.8 Å². The van der Waals surface area contributed by atoms with Crippen molar-refractivity contribution in [2.24, 2.45) is 0 Å². The highest BCUT2D eigenvalue weighted by Crippen LogP contribution is 2.32. The number of aliphatic hydroxyl groups excluding tert-OH is 1. The predicted molar refractivity (Wildman–Crippen MR) is 92.5 cm³/mol. The standard InChI is InChI=1S/C19H21NO6/c1-10(21)6-20-7-14(11(2)22)13-5-12(3-4-15(13)20)26-17-9-25-18-16(23)8-24-19(17)18/h3-5,7,16-19,23H,6,8-9H2,1-2H3/t16-,17-,18-,19-/m1/s1. The van der Waals surface area contributed by atoms with Crippen LogP contribution in [0.5, 0.6) is 5.75 Å². The Kier molecular flexibility index (Phi) is 4.30. The largest absolute Gasteiger partial charge is 0.485 e. The van der Waals surface area contributed by atoms with Gasteiger partial charge in [0.2, 0.25) is 0 Å². The van der Waals surface area contributed by atoms with E-state index in [2.05, 4.69) is 0 Å². The van der Waals surface area contributed by atoms with Gasteiger partial charge in [-0.05, 0) is 32.0 Å².